The lowest BCUT2D eigenvalue weighted by Crippen LogP contribution is -2.00. The van der Waals surface area contributed by atoms with Crippen LogP contribution >= 0.6 is 11.6 Å². The van der Waals surface area contributed by atoms with E-state index in [1.165, 1.54) is 5.56 Å². The zero-order chi connectivity index (χ0) is 14.1. The number of halogens is 1. The summed E-state index contributed by atoms with van der Waals surface area (Å²) in [6.07, 6.45) is -0.114. The number of aryl methyl sites for hydroxylation is 1. The second kappa shape index (κ2) is 5.31. The smallest absolute Gasteiger partial charge is 0.134 e. The molecule has 0 fully saturated rings. The molecule has 0 spiro atoms. The maximum Gasteiger partial charge on any atom is 0.134 e. The van der Waals surface area contributed by atoms with Gasteiger partial charge in [-0.2, -0.15) is 0 Å². The summed E-state index contributed by atoms with van der Waals surface area (Å²) in [5.41, 5.74) is 3.04. The lowest BCUT2D eigenvalue weighted by Gasteiger charge is -2.07. The Morgan fingerprint density at radius 3 is 2.60 bits per heavy atom. The lowest BCUT2D eigenvalue weighted by atomic mass is 10.0. The molecule has 3 rings (SSSR count). The third kappa shape index (κ3) is 2.72. The first-order valence-electron chi connectivity index (χ1n) is 6.54. The number of hydrogen-bond donors (Lipinski definition) is 1. The normalized spacial score (nSPS) is 12.8. The largest absolute Gasteiger partial charge is 0.458 e. The van der Waals surface area contributed by atoms with E-state index in [0.29, 0.717) is 17.2 Å². The molecule has 0 aliphatic rings. The zero-order valence-electron chi connectivity index (χ0n) is 11.1. The molecule has 0 saturated heterocycles. The molecule has 20 heavy (non-hydrogen) atoms. The Morgan fingerprint density at radius 2 is 1.85 bits per heavy atom. The molecular formula is C17H15ClO2. The third-order valence-corrected chi connectivity index (χ3v) is 3.61. The average molecular weight is 287 g/mol. The van der Waals surface area contributed by atoms with Crippen molar-refractivity contribution in [1.82, 2.24) is 0 Å². The van der Waals surface area contributed by atoms with Gasteiger partial charge in [-0.1, -0.05) is 41.4 Å². The molecule has 1 heterocycles. The topological polar surface area (TPSA) is 33.4 Å². The van der Waals surface area contributed by atoms with Gasteiger partial charge in [0.25, 0.3) is 0 Å². The van der Waals surface area contributed by atoms with Crippen LogP contribution in [0.3, 0.4) is 0 Å². The van der Waals surface area contributed by atoms with Crippen LogP contribution in [0.5, 0.6) is 0 Å². The minimum Gasteiger partial charge on any atom is -0.458 e. The van der Waals surface area contributed by atoms with E-state index in [9.17, 15) is 5.11 Å². The molecule has 1 aromatic heterocycles. The monoisotopic (exact) mass is 286 g/mol. The lowest BCUT2D eigenvalue weighted by molar-refractivity contribution is 0.152. The molecule has 0 radical (unpaired) electrons. The van der Waals surface area contributed by atoms with E-state index in [0.717, 1.165) is 16.5 Å². The van der Waals surface area contributed by atoms with E-state index < -0.39 is 6.10 Å². The van der Waals surface area contributed by atoms with Crippen molar-refractivity contribution in [3.8, 4) is 0 Å². The summed E-state index contributed by atoms with van der Waals surface area (Å²) in [5, 5.41) is 11.9. The second-order valence-corrected chi connectivity index (χ2v) is 5.47. The van der Waals surface area contributed by atoms with E-state index in [1.807, 2.05) is 49.4 Å². The summed E-state index contributed by atoms with van der Waals surface area (Å²) < 4.78 is 5.67. The van der Waals surface area contributed by atoms with E-state index in [1.54, 1.807) is 6.07 Å². The van der Waals surface area contributed by atoms with Gasteiger partial charge < -0.3 is 9.52 Å². The van der Waals surface area contributed by atoms with E-state index in [-0.39, 0.29) is 0 Å². The quantitative estimate of drug-likeness (QED) is 0.759. The molecule has 0 aliphatic heterocycles. The molecule has 1 N–H and O–H groups in total. The molecule has 3 heteroatoms. The first-order chi connectivity index (χ1) is 9.61. The first kappa shape index (κ1) is 13.2. The molecule has 0 bridgehead atoms. The minimum absolute atomic E-state index is 0.536. The van der Waals surface area contributed by atoms with Crippen LogP contribution in [0, 0.1) is 6.92 Å². The summed E-state index contributed by atoms with van der Waals surface area (Å²) >= 11 is 5.95. The second-order valence-electron chi connectivity index (χ2n) is 5.04. The van der Waals surface area contributed by atoms with Crippen molar-refractivity contribution in [2.75, 3.05) is 0 Å². The SMILES string of the molecule is Cc1ccc(CC(O)c2cc3cc(Cl)ccc3o2)cc1. The highest BCUT2D eigenvalue weighted by atomic mass is 35.5. The summed E-state index contributed by atoms with van der Waals surface area (Å²) in [6.45, 7) is 2.04. The molecule has 2 aromatic carbocycles. The molecular weight excluding hydrogens is 272 g/mol. The van der Waals surface area contributed by atoms with Crippen molar-refractivity contribution in [1.29, 1.82) is 0 Å². The van der Waals surface area contributed by atoms with Crippen LogP contribution in [0.15, 0.2) is 52.9 Å². The van der Waals surface area contributed by atoms with E-state index >= 15 is 0 Å². The van der Waals surface area contributed by atoms with Crippen LogP contribution in [0.2, 0.25) is 5.02 Å². The fourth-order valence-corrected chi connectivity index (χ4v) is 2.43. The van der Waals surface area contributed by atoms with Gasteiger partial charge in [-0.15, -0.1) is 0 Å². The Hall–Kier alpha value is -1.77. The van der Waals surface area contributed by atoms with Gasteiger partial charge in [0.05, 0.1) is 0 Å². The summed E-state index contributed by atoms with van der Waals surface area (Å²) in [4.78, 5) is 0. The van der Waals surface area contributed by atoms with Crippen LogP contribution in [-0.4, -0.2) is 5.11 Å². The maximum absolute atomic E-state index is 10.3. The molecule has 102 valence electrons. The Bertz CT molecular complexity index is 728. The number of benzene rings is 2. The Morgan fingerprint density at radius 1 is 1.10 bits per heavy atom. The molecule has 2 nitrogen and oxygen atoms in total. The molecule has 0 amide bonds. The van der Waals surface area contributed by atoms with Gasteiger partial charge in [0.1, 0.15) is 17.4 Å². The predicted octanol–water partition coefficient (Wildman–Crippen LogP) is 4.67. The van der Waals surface area contributed by atoms with Crippen molar-refractivity contribution < 1.29 is 9.52 Å². The van der Waals surface area contributed by atoms with Crippen molar-refractivity contribution in [3.63, 3.8) is 0 Å². The number of aliphatic hydroxyl groups is 1. The van der Waals surface area contributed by atoms with Gasteiger partial charge in [-0.3, -0.25) is 0 Å². The van der Waals surface area contributed by atoms with Gasteiger partial charge in [-0.25, -0.2) is 0 Å². The fourth-order valence-electron chi connectivity index (χ4n) is 2.25. The number of fused-ring (bicyclic) bond motifs is 1. The molecule has 3 aromatic rings. The van der Waals surface area contributed by atoms with Crippen LogP contribution < -0.4 is 0 Å². The molecule has 1 unspecified atom stereocenters. The third-order valence-electron chi connectivity index (χ3n) is 3.38. The highest BCUT2D eigenvalue weighted by Crippen LogP contribution is 2.28. The standard InChI is InChI=1S/C17H15ClO2/c1-11-2-4-12(5-3-11)8-15(19)17-10-13-9-14(18)6-7-16(13)20-17/h2-7,9-10,15,19H,8H2,1H3. The van der Waals surface area contributed by atoms with Gasteiger partial charge >= 0.3 is 0 Å². The predicted molar refractivity (Wildman–Crippen MR) is 81.1 cm³/mol. The maximum atomic E-state index is 10.3. The molecule has 0 aliphatic carbocycles. The van der Waals surface area contributed by atoms with Crippen molar-refractivity contribution in [3.05, 3.63) is 70.4 Å². The highest BCUT2D eigenvalue weighted by Gasteiger charge is 2.14. The van der Waals surface area contributed by atoms with E-state index in [4.69, 9.17) is 16.0 Å². The number of rotatable bonds is 3. The summed E-state index contributed by atoms with van der Waals surface area (Å²) in [7, 11) is 0. The Labute approximate surface area is 122 Å². The van der Waals surface area contributed by atoms with Crippen LogP contribution in [0.25, 0.3) is 11.0 Å². The van der Waals surface area contributed by atoms with Crippen molar-refractivity contribution in [2.45, 2.75) is 19.4 Å². The van der Waals surface area contributed by atoms with Crippen LogP contribution in [0.1, 0.15) is 23.0 Å². The van der Waals surface area contributed by atoms with Gasteiger partial charge in [0.15, 0.2) is 0 Å². The number of hydrogen-bond acceptors (Lipinski definition) is 2. The Balaban J connectivity index is 1.84. The van der Waals surface area contributed by atoms with Crippen molar-refractivity contribution in [2.24, 2.45) is 0 Å². The molecule has 0 saturated carbocycles. The van der Waals surface area contributed by atoms with Gasteiger partial charge in [0.2, 0.25) is 0 Å². The van der Waals surface area contributed by atoms with Crippen LogP contribution in [0.4, 0.5) is 0 Å². The summed E-state index contributed by atoms with van der Waals surface area (Å²) in [5.74, 6) is 0.572. The number of aliphatic hydroxyl groups excluding tert-OH is 1. The average Bonchev–Trinajstić information content (AvgIpc) is 2.84. The van der Waals surface area contributed by atoms with E-state index in [2.05, 4.69) is 0 Å². The zero-order valence-corrected chi connectivity index (χ0v) is 11.9. The number of furan rings is 1. The van der Waals surface area contributed by atoms with Crippen molar-refractivity contribution >= 4 is 22.6 Å². The first-order valence-corrected chi connectivity index (χ1v) is 6.92. The van der Waals surface area contributed by atoms with Crippen LogP contribution in [-0.2, 0) is 6.42 Å². The summed E-state index contributed by atoms with van der Waals surface area (Å²) in [6, 6.07) is 15.4. The minimum atomic E-state index is -0.649. The molecule has 1 atom stereocenters. The van der Waals surface area contributed by atoms with Gasteiger partial charge in [-0.05, 0) is 36.8 Å². The highest BCUT2D eigenvalue weighted by molar-refractivity contribution is 6.31. The fraction of sp³-hybridized carbons (Fsp3) is 0.176. The Kier molecular flexibility index (Phi) is 3.51. The van der Waals surface area contributed by atoms with Gasteiger partial charge in [0, 0.05) is 16.8 Å².